The van der Waals surface area contributed by atoms with Gasteiger partial charge < -0.3 is 14.8 Å². The van der Waals surface area contributed by atoms with E-state index in [0.29, 0.717) is 36.6 Å². The summed E-state index contributed by atoms with van der Waals surface area (Å²) in [6.45, 7) is 4.71. The van der Waals surface area contributed by atoms with Crippen molar-refractivity contribution in [2.24, 2.45) is 0 Å². The number of carbonyl (C=O) groups is 1. The lowest BCUT2D eigenvalue weighted by Gasteiger charge is -2.16. The normalized spacial score (nSPS) is 10.9. The topological polar surface area (TPSA) is 71.4 Å². The third kappa shape index (κ3) is 7.86. The number of nitrogens with one attached hydrogen (secondary N) is 1. The highest BCUT2D eigenvalue weighted by molar-refractivity contribution is 9.10. The van der Waals surface area contributed by atoms with Crippen molar-refractivity contribution in [2.45, 2.75) is 25.9 Å². The highest BCUT2D eigenvalue weighted by atomic mass is 79.9. The molecule has 1 amide bonds. The summed E-state index contributed by atoms with van der Waals surface area (Å²) in [5.41, 5.74) is 3.80. The molecule has 0 fully saturated rings. The van der Waals surface area contributed by atoms with Crippen LogP contribution in [0.1, 0.15) is 28.7 Å². The van der Waals surface area contributed by atoms with Crippen molar-refractivity contribution in [3.05, 3.63) is 112 Å². The molecule has 0 saturated carbocycles. The van der Waals surface area contributed by atoms with E-state index in [0.717, 1.165) is 28.4 Å². The molecule has 5 nitrogen and oxygen atoms in total. The van der Waals surface area contributed by atoms with Crippen LogP contribution in [0.4, 0.5) is 0 Å². The summed E-state index contributed by atoms with van der Waals surface area (Å²) in [6.07, 6.45) is 5.54. The van der Waals surface area contributed by atoms with Gasteiger partial charge in [-0.15, -0.1) is 6.58 Å². The van der Waals surface area contributed by atoms with Gasteiger partial charge in [0.25, 0.3) is 5.91 Å². The Hall–Kier alpha value is -3.82. The fourth-order valence-corrected chi connectivity index (χ4v) is 3.94. The third-order valence-corrected chi connectivity index (χ3v) is 6.01. The smallest absolute Gasteiger partial charge is 0.261 e. The maximum absolute atomic E-state index is 12.6. The quantitative estimate of drug-likeness (QED) is 0.123. The molecule has 0 aliphatic carbocycles. The SMILES string of the molecule is C=CCc1cc(/C=C(/C#N)C(=O)NCCCc2ccccc2)cc(OC)c1OCc1ccc(Br)cc1. The molecule has 0 aliphatic rings. The zero-order valence-electron chi connectivity index (χ0n) is 20.3. The number of hydrogen-bond donors (Lipinski definition) is 1. The van der Waals surface area contributed by atoms with E-state index < -0.39 is 5.91 Å². The van der Waals surface area contributed by atoms with Gasteiger partial charge in [0.2, 0.25) is 0 Å². The van der Waals surface area contributed by atoms with Gasteiger partial charge in [-0.25, -0.2) is 0 Å². The largest absolute Gasteiger partial charge is 0.493 e. The number of nitriles is 1. The molecular weight excluding hydrogens is 516 g/mol. The average molecular weight is 545 g/mol. The molecular formula is C30H29BrN2O3. The van der Waals surface area contributed by atoms with Gasteiger partial charge in [0.05, 0.1) is 7.11 Å². The second-order valence-electron chi connectivity index (χ2n) is 8.13. The van der Waals surface area contributed by atoms with E-state index in [9.17, 15) is 10.1 Å². The van der Waals surface area contributed by atoms with Crippen LogP contribution < -0.4 is 14.8 Å². The number of benzene rings is 3. The summed E-state index contributed by atoms with van der Waals surface area (Å²) in [5, 5.41) is 12.5. The maximum Gasteiger partial charge on any atom is 0.261 e. The fourth-order valence-electron chi connectivity index (χ4n) is 3.68. The van der Waals surface area contributed by atoms with E-state index in [2.05, 4.69) is 40.0 Å². The molecule has 36 heavy (non-hydrogen) atoms. The number of ether oxygens (including phenoxy) is 2. The molecule has 0 aliphatic heterocycles. The van der Waals surface area contributed by atoms with Gasteiger partial charge in [0, 0.05) is 16.6 Å². The van der Waals surface area contributed by atoms with Gasteiger partial charge in [-0.05, 0) is 66.3 Å². The van der Waals surface area contributed by atoms with Gasteiger partial charge in [-0.3, -0.25) is 4.79 Å². The summed E-state index contributed by atoms with van der Waals surface area (Å²) in [4.78, 5) is 12.6. The molecule has 3 rings (SSSR count). The molecule has 0 heterocycles. The molecule has 0 unspecified atom stereocenters. The van der Waals surface area contributed by atoms with Crippen molar-refractivity contribution in [1.82, 2.24) is 5.32 Å². The lowest BCUT2D eigenvalue weighted by Crippen LogP contribution is -2.25. The molecule has 3 aromatic carbocycles. The van der Waals surface area contributed by atoms with Crippen molar-refractivity contribution >= 4 is 27.9 Å². The number of carbonyl (C=O) groups excluding carboxylic acids is 1. The van der Waals surface area contributed by atoms with Crippen molar-refractivity contribution in [2.75, 3.05) is 13.7 Å². The van der Waals surface area contributed by atoms with Crippen LogP contribution in [0.25, 0.3) is 6.08 Å². The number of hydrogen-bond acceptors (Lipinski definition) is 4. The molecule has 1 N–H and O–H groups in total. The lowest BCUT2D eigenvalue weighted by molar-refractivity contribution is -0.117. The van der Waals surface area contributed by atoms with Crippen molar-refractivity contribution in [3.8, 4) is 17.6 Å². The lowest BCUT2D eigenvalue weighted by atomic mass is 10.0. The minimum Gasteiger partial charge on any atom is -0.493 e. The van der Waals surface area contributed by atoms with E-state index in [1.54, 1.807) is 25.3 Å². The van der Waals surface area contributed by atoms with Gasteiger partial charge in [-0.2, -0.15) is 5.26 Å². The molecule has 0 radical (unpaired) electrons. The highest BCUT2D eigenvalue weighted by Crippen LogP contribution is 2.35. The molecule has 0 spiro atoms. The van der Waals surface area contributed by atoms with Crippen LogP contribution in [0, 0.1) is 11.3 Å². The fraction of sp³-hybridized carbons (Fsp3) is 0.200. The number of halogens is 1. The first kappa shape index (κ1) is 26.8. The average Bonchev–Trinajstić information content (AvgIpc) is 2.90. The van der Waals surface area contributed by atoms with Crippen LogP contribution in [0.3, 0.4) is 0 Å². The monoisotopic (exact) mass is 544 g/mol. The molecule has 3 aromatic rings. The van der Waals surface area contributed by atoms with E-state index in [1.807, 2.05) is 54.6 Å². The summed E-state index contributed by atoms with van der Waals surface area (Å²) >= 11 is 3.44. The molecule has 184 valence electrons. The number of nitrogens with zero attached hydrogens (tertiary/aromatic N) is 1. The van der Waals surface area contributed by atoms with Gasteiger partial charge in [-0.1, -0.05) is 64.5 Å². The zero-order chi connectivity index (χ0) is 25.8. The zero-order valence-corrected chi connectivity index (χ0v) is 21.9. The summed E-state index contributed by atoms with van der Waals surface area (Å²) < 4.78 is 12.7. The van der Waals surface area contributed by atoms with E-state index in [-0.39, 0.29) is 5.57 Å². The third-order valence-electron chi connectivity index (χ3n) is 5.48. The van der Waals surface area contributed by atoms with Crippen LogP contribution in [-0.4, -0.2) is 19.6 Å². The number of rotatable bonds is 12. The Morgan fingerprint density at radius 3 is 2.53 bits per heavy atom. The number of aryl methyl sites for hydroxylation is 1. The number of amides is 1. The van der Waals surface area contributed by atoms with E-state index in [1.165, 1.54) is 5.56 Å². The minimum atomic E-state index is -0.398. The summed E-state index contributed by atoms with van der Waals surface area (Å²) in [7, 11) is 1.57. The second-order valence-corrected chi connectivity index (χ2v) is 9.05. The molecule has 0 bridgehead atoms. The van der Waals surface area contributed by atoms with Crippen LogP contribution in [-0.2, 0) is 24.2 Å². The molecule has 0 atom stereocenters. The Bertz CT molecular complexity index is 1250. The Labute approximate surface area is 221 Å². The summed E-state index contributed by atoms with van der Waals surface area (Å²) in [6, 6.07) is 23.7. The maximum atomic E-state index is 12.6. The van der Waals surface area contributed by atoms with Crippen LogP contribution >= 0.6 is 15.9 Å². The van der Waals surface area contributed by atoms with Crippen LogP contribution in [0.15, 0.2) is 89.4 Å². The second kappa shape index (κ2) is 13.9. The van der Waals surface area contributed by atoms with Gasteiger partial charge in [0.15, 0.2) is 11.5 Å². The predicted octanol–water partition coefficient (Wildman–Crippen LogP) is 6.42. The Kier molecular flexibility index (Phi) is 10.3. The predicted molar refractivity (Wildman–Crippen MR) is 147 cm³/mol. The van der Waals surface area contributed by atoms with Gasteiger partial charge in [0.1, 0.15) is 18.2 Å². The van der Waals surface area contributed by atoms with Crippen molar-refractivity contribution in [1.29, 1.82) is 5.26 Å². The first-order chi connectivity index (χ1) is 17.5. The standard InChI is InChI=1S/C30H29BrN2O3/c1-3-8-25-17-24(19-28(35-2)29(25)36-21-23-12-14-27(31)15-13-23)18-26(20-32)30(34)33-16-7-11-22-9-5-4-6-10-22/h3-6,9-10,12-15,17-19H,1,7-8,11,16,21H2,2H3,(H,33,34)/b26-18-. The van der Waals surface area contributed by atoms with Crippen LogP contribution in [0.5, 0.6) is 11.5 Å². The molecule has 6 heteroatoms. The molecule has 0 saturated heterocycles. The van der Waals surface area contributed by atoms with Crippen molar-refractivity contribution < 1.29 is 14.3 Å². The number of allylic oxidation sites excluding steroid dienone is 1. The van der Waals surface area contributed by atoms with E-state index >= 15 is 0 Å². The first-order valence-electron chi connectivity index (χ1n) is 11.7. The minimum absolute atomic E-state index is 0.0323. The van der Waals surface area contributed by atoms with Crippen LogP contribution in [0.2, 0.25) is 0 Å². The molecule has 0 aromatic heterocycles. The highest BCUT2D eigenvalue weighted by Gasteiger charge is 2.15. The summed E-state index contributed by atoms with van der Waals surface area (Å²) in [5.74, 6) is 0.741. The Morgan fingerprint density at radius 2 is 1.86 bits per heavy atom. The number of methoxy groups -OCH3 is 1. The van der Waals surface area contributed by atoms with Crippen molar-refractivity contribution in [3.63, 3.8) is 0 Å². The first-order valence-corrected chi connectivity index (χ1v) is 12.5. The van der Waals surface area contributed by atoms with Gasteiger partial charge >= 0.3 is 0 Å². The Balaban J connectivity index is 1.73. The Morgan fingerprint density at radius 1 is 1.11 bits per heavy atom. The van der Waals surface area contributed by atoms with E-state index in [4.69, 9.17) is 9.47 Å².